The Hall–Kier alpha value is -2.69. The molecule has 5 nitrogen and oxygen atoms in total. The summed E-state index contributed by atoms with van der Waals surface area (Å²) in [6.07, 6.45) is 0.281. The summed E-state index contributed by atoms with van der Waals surface area (Å²) in [4.78, 5) is 12.3. The van der Waals surface area contributed by atoms with Gasteiger partial charge in [-0.25, -0.2) is 0 Å². The summed E-state index contributed by atoms with van der Waals surface area (Å²) < 4.78 is 16.3. The molecule has 2 rings (SSSR count). The van der Waals surface area contributed by atoms with Crippen LogP contribution in [0.25, 0.3) is 0 Å². The fraction of sp³-hybridized carbons (Fsp3) is 0.350. The van der Waals surface area contributed by atoms with Gasteiger partial charge in [-0.2, -0.15) is 0 Å². The molecule has 2 aromatic carbocycles. The molecule has 0 aromatic heterocycles. The number of hydrogen-bond acceptors (Lipinski definition) is 4. The van der Waals surface area contributed by atoms with Gasteiger partial charge in [-0.15, -0.1) is 0 Å². The number of carbonyl (C=O) groups excluding carboxylic acids is 1. The molecule has 2 aromatic rings. The van der Waals surface area contributed by atoms with E-state index in [4.69, 9.17) is 14.2 Å². The van der Waals surface area contributed by atoms with Crippen LogP contribution in [-0.4, -0.2) is 26.2 Å². The summed E-state index contributed by atoms with van der Waals surface area (Å²) in [6.45, 7) is 4.20. The Morgan fingerprint density at radius 3 is 2.44 bits per heavy atom. The van der Waals surface area contributed by atoms with Crippen LogP contribution in [0.15, 0.2) is 42.5 Å². The van der Waals surface area contributed by atoms with Crippen LogP contribution < -0.4 is 19.5 Å². The molecule has 5 heteroatoms. The second-order valence-electron chi connectivity index (χ2n) is 5.63. The molecular weight excluding hydrogens is 318 g/mol. The van der Waals surface area contributed by atoms with E-state index >= 15 is 0 Å². The van der Waals surface area contributed by atoms with Crippen molar-refractivity contribution in [2.24, 2.45) is 0 Å². The van der Waals surface area contributed by atoms with Gasteiger partial charge in [0.15, 0.2) is 17.6 Å². The number of para-hydroxylation sites is 1. The first-order valence-electron chi connectivity index (χ1n) is 8.32. The van der Waals surface area contributed by atoms with Crippen molar-refractivity contribution >= 4 is 5.91 Å². The topological polar surface area (TPSA) is 56.8 Å². The van der Waals surface area contributed by atoms with E-state index in [0.717, 1.165) is 23.3 Å². The monoisotopic (exact) mass is 343 g/mol. The van der Waals surface area contributed by atoms with Crippen molar-refractivity contribution in [1.82, 2.24) is 5.32 Å². The van der Waals surface area contributed by atoms with Gasteiger partial charge < -0.3 is 19.5 Å². The van der Waals surface area contributed by atoms with Crippen LogP contribution in [0.3, 0.4) is 0 Å². The number of carbonyl (C=O) groups is 1. The number of rotatable bonds is 8. The van der Waals surface area contributed by atoms with Gasteiger partial charge in [0.1, 0.15) is 5.75 Å². The molecule has 0 saturated carbocycles. The molecule has 0 bridgehead atoms. The minimum Gasteiger partial charge on any atom is -0.493 e. The average molecular weight is 343 g/mol. The van der Waals surface area contributed by atoms with E-state index < -0.39 is 6.10 Å². The first-order valence-corrected chi connectivity index (χ1v) is 8.32. The van der Waals surface area contributed by atoms with Gasteiger partial charge in [-0.3, -0.25) is 4.79 Å². The summed E-state index contributed by atoms with van der Waals surface area (Å²) >= 11 is 0. The highest BCUT2D eigenvalue weighted by Crippen LogP contribution is 2.27. The van der Waals surface area contributed by atoms with Crippen molar-refractivity contribution in [3.63, 3.8) is 0 Å². The number of methoxy groups -OCH3 is 2. The molecule has 0 fully saturated rings. The average Bonchev–Trinajstić information content (AvgIpc) is 2.66. The first kappa shape index (κ1) is 18.6. The Morgan fingerprint density at radius 1 is 1.04 bits per heavy atom. The van der Waals surface area contributed by atoms with Crippen molar-refractivity contribution < 1.29 is 19.0 Å². The lowest BCUT2D eigenvalue weighted by atomic mass is 10.1. The minimum absolute atomic E-state index is 0.166. The van der Waals surface area contributed by atoms with E-state index in [-0.39, 0.29) is 5.91 Å². The van der Waals surface area contributed by atoms with E-state index in [1.807, 2.05) is 42.5 Å². The van der Waals surface area contributed by atoms with Crippen LogP contribution in [0.2, 0.25) is 0 Å². The van der Waals surface area contributed by atoms with Crippen LogP contribution in [0.1, 0.15) is 25.0 Å². The van der Waals surface area contributed by atoms with E-state index in [0.29, 0.717) is 18.0 Å². The van der Waals surface area contributed by atoms with Gasteiger partial charge in [0, 0.05) is 6.54 Å². The van der Waals surface area contributed by atoms with E-state index in [1.54, 1.807) is 21.1 Å². The third kappa shape index (κ3) is 4.89. The molecule has 0 aliphatic rings. The molecule has 0 radical (unpaired) electrons. The molecule has 134 valence electrons. The van der Waals surface area contributed by atoms with Gasteiger partial charge in [-0.1, -0.05) is 31.2 Å². The molecule has 1 atom stereocenters. The fourth-order valence-corrected chi connectivity index (χ4v) is 2.48. The number of aryl methyl sites for hydroxylation is 1. The highest BCUT2D eigenvalue weighted by molar-refractivity contribution is 5.80. The van der Waals surface area contributed by atoms with Crippen LogP contribution in [-0.2, 0) is 17.8 Å². The fourth-order valence-electron chi connectivity index (χ4n) is 2.48. The second kappa shape index (κ2) is 8.97. The zero-order valence-corrected chi connectivity index (χ0v) is 15.2. The zero-order valence-electron chi connectivity index (χ0n) is 15.2. The largest absolute Gasteiger partial charge is 0.493 e. The normalized spacial score (nSPS) is 11.5. The highest BCUT2D eigenvalue weighted by atomic mass is 16.5. The second-order valence-corrected chi connectivity index (χ2v) is 5.63. The molecular formula is C20H25NO4. The quantitative estimate of drug-likeness (QED) is 0.799. The molecule has 0 saturated heterocycles. The van der Waals surface area contributed by atoms with Gasteiger partial charge in [0.2, 0.25) is 0 Å². The Bertz CT molecular complexity index is 715. The van der Waals surface area contributed by atoms with Gasteiger partial charge >= 0.3 is 0 Å². The maximum absolute atomic E-state index is 12.3. The Labute approximate surface area is 148 Å². The van der Waals surface area contributed by atoms with Crippen molar-refractivity contribution in [2.45, 2.75) is 32.9 Å². The lowest BCUT2D eigenvalue weighted by Gasteiger charge is -2.17. The molecule has 0 aliphatic carbocycles. The maximum atomic E-state index is 12.3. The molecule has 1 amide bonds. The molecule has 0 spiro atoms. The smallest absolute Gasteiger partial charge is 0.261 e. The van der Waals surface area contributed by atoms with Gasteiger partial charge in [0.05, 0.1) is 14.2 Å². The highest BCUT2D eigenvalue weighted by Gasteiger charge is 2.16. The molecule has 1 N–H and O–H groups in total. The standard InChI is InChI=1S/C20H25NO4/c1-5-16-8-6-7-9-17(16)25-14(2)20(22)21-13-15-10-11-18(23-3)19(12-15)24-4/h6-12,14H,5,13H2,1-4H3,(H,21,22)/t14-/m1/s1. The number of ether oxygens (including phenoxy) is 3. The third-order valence-corrected chi connectivity index (χ3v) is 3.94. The minimum atomic E-state index is -0.576. The molecule has 0 heterocycles. The van der Waals surface area contributed by atoms with Crippen molar-refractivity contribution in [3.8, 4) is 17.2 Å². The summed E-state index contributed by atoms with van der Waals surface area (Å²) in [5.41, 5.74) is 2.01. The maximum Gasteiger partial charge on any atom is 0.261 e. The summed E-state index contributed by atoms with van der Waals surface area (Å²) in [6, 6.07) is 13.3. The molecule has 0 unspecified atom stereocenters. The van der Waals surface area contributed by atoms with Crippen LogP contribution in [0.4, 0.5) is 0 Å². The van der Waals surface area contributed by atoms with Crippen LogP contribution in [0.5, 0.6) is 17.2 Å². The first-order chi connectivity index (χ1) is 12.1. The third-order valence-electron chi connectivity index (χ3n) is 3.94. The number of nitrogens with one attached hydrogen (secondary N) is 1. The summed E-state index contributed by atoms with van der Waals surface area (Å²) in [7, 11) is 3.17. The Balaban J connectivity index is 1.95. The Kier molecular flexibility index (Phi) is 6.69. The van der Waals surface area contributed by atoms with Crippen LogP contribution in [0, 0.1) is 0 Å². The number of hydrogen-bond donors (Lipinski definition) is 1. The molecule has 0 aliphatic heterocycles. The number of amides is 1. The van der Waals surface area contributed by atoms with Crippen molar-refractivity contribution in [3.05, 3.63) is 53.6 Å². The Morgan fingerprint density at radius 2 is 1.76 bits per heavy atom. The zero-order chi connectivity index (χ0) is 18.2. The predicted octanol–water partition coefficient (Wildman–Crippen LogP) is 3.35. The van der Waals surface area contributed by atoms with Crippen molar-refractivity contribution in [2.75, 3.05) is 14.2 Å². The van der Waals surface area contributed by atoms with Crippen LogP contribution >= 0.6 is 0 Å². The molecule has 25 heavy (non-hydrogen) atoms. The van der Waals surface area contributed by atoms with E-state index in [9.17, 15) is 4.79 Å². The van der Waals surface area contributed by atoms with Crippen molar-refractivity contribution in [1.29, 1.82) is 0 Å². The lowest BCUT2D eigenvalue weighted by molar-refractivity contribution is -0.127. The van der Waals surface area contributed by atoms with Gasteiger partial charge in [-0.05, 0) is 42.7 Å². The van der Waals surface area contributed by atoms with Gasteiger partial charge in [0.25, 0.3) is 5.91 Å². The lowest BCUT2D eigenvalue weighted by Crippen LogP contribution is -2.36. The van der Waals surface area contributed by atoms with E-state index in [2.05, 4.69) is 12.2 Å². The number of benzene rings is 2. The SMILES string of the molecule is CCc1ccccc1O[C@H](C)C(=O)NCc1ccc(OC)c(OC)c1. The van der Waals surface area contributed by atoms with E-state index in [1.165, 1.54) is 0 Å². The summed E-state index contributed by atoms with van der Waals surface area (Å²) in [5, 5.41) is 2.88. The predicted molar refractivity (Wildman–Crippen MR) is 97.3 cm³/mol. The summed E-state index contributed by atoms with van der Waals surface area (Å²) in [5.74, 6) is 1.88.